The van der Waals surface area contributed by atoms with Gasteiger partial charge in [-0.3, -0.25) is 4.79 Å². The van der Waals surface area contributed by atoms with Crippen molar-refractivity contribution < 1.29 is 4.79 Å². The molecular weight excluding hydrogens is 339 g/mol. The first-order chi connectivity index (χ1) is 8.45. The van der Waals surface area contributed by atoms with Crippen molar-refractivity contribution in [2.24, 2.45) is 0 Å². The van der Waals surface area contributed by atoms with Crippen molar-refractivity contribution in [2.45, 2.75) is 26.3 Å². The summed E-state index contributed by atoms with van der Waals surface area (Å²) in [4.78, 5) is 11.8. The predicted molar refractivity (Wildman–Crippen MR) is 80.5 cm³/mol. The molecule has 3 nitrogen and oxygen atoms in total. The fourth-order valence-electron chi connectivity index (χ4n) is 1.52. The minimum Gasteiger partial charge on any atom is -0.325 e. The highest BCUT2D eigenvalue weighted by molar-refractivity contribution is 9.10. The molecular formula is C12H15BrCl2N2O. The lowest BCUT2D eigenvalue weighted by molar-refractivity contribution is -0.116. The van der Waals surface area contributed by atoms with E-state index in [4.69, 9.17) is 23.2 Å². The highest BCUT2D eigenvalue weighted by atomic mass is 79.9. The van der Waals surface area contributed by atoms with Gasteiger partial charge in [0.1, 0.15) is 0 Å². The molecule has 1 unspecified atom stereocenters. The van der Waals surface area contributed by atoms with E-state index in [9.17, 15) is 4.79 Å². The van der Waals surface area contributed by atoms with E-state index in [1.54, 1.807) is 12.1 Å². The summed E-state index contributed by atoms with van der Waals surface area (Å²) < 4.78 is 0.702. The minimum atomic E-state index is -0.0938. The maximum absolute atomic E-state index is 11.8. The molecule has 0 aliphatic heterocycles. The smallest absolute Gasteiger partial charge is 0.225 e. The molecule has 0 fully saturated rings. The zero-order chi connectivity index (χ0) is 13.7. The van der Waals surface area contributed by atoms with Crippen LogP contribution in [0.4, 0.5) is 5.69 Å². The number of benzene rings is 1. The largest absolute Gasteiger partial charge is 0.325 e. The third-order valence-corrected chi connectivity index (χ3v) is 4.12. The van der Waals surface area contributed by atoms with Crippen LogP contribution >= 0.6 is 39.1 Å². The van der Waals surface area contributed by atoms with E-state index in [1.807, 2.05) is 13.8 Å². The molecule has 1 aromatic carbocycles. The van der Waals surface area contributed by atoms with E-state index < -0.39 is 0 Å². The first-order valence-corrected chi connectivity index (χ1v) is 7.17. The second kappa shape index (κ2) is 7.34. The first kappa shape index (κ1) is 15.8. The second-order valence-corrected chi connectivity index (χ2v) is 5.54. The molecule has 0 saturated carbocycles. The van der Waals surface area contributed by atoms with Crippen molar-refractivity contribution in [1.82, 2.24) is 5.32 Å². The number of hydrogen-bond acceptors (Lipinski definition) is 2. The Morgan fingerprint density at radius 1 is 1.39 bits per heavy atom. The Hall–Kier alpha value is -0.290. The van der Waals surface area contributed by atoms with Gasteiger partial charge in [0.25, 0.3) is 0 Å². The van der Waals surface area contributed by atoms with Crippen molar-refractivity contribution in [1.29, 1.82) is 0 Å². The molecule has 2 N–H and O–H groups in total. The Kier molecular flexibility index (Phi) is 6.43. The summed E-state index contributed by atoms with van der Waals surface area (Å²) in [5.74, 6) is -0.0938. The summed E-state index contributed by atoms with van der Waals surface area (Å²) >= 11 is 15.3. The predicted octanol–water partition coefficient (Wildman–Crippen LogP) is 4.08. The third-order valence-electron chi connectivity index (χ3n) is 2.35. The third kappa shape index (κ3) is 4.43. The number of anilines is 1. The Morgan fingerprint density at radius 2 is 2.06 bits per heavy atom. The fourth-order valence-corrected chi connectivity index (χ4v) is 2.34. The number of amides is 1. The van der Waals surface area contributed by atoms with E-state index in [0.717, 1.165) is 6.54 Å². The van der Waals surface area contributed by atoms with Crippen LogP contribution < -0.4 is 10.6 Å². The molecule has 1 amide bonds. The summed E-state index contributed by atoms with van der Waals surface area (Å²) in [6.07, 6.45) is 0.387. The molecule has 1 aromatic rings. The van der Waals surface area contributed by atoms with E-state index >= 15 is 0 Å². The SMILES string of the molecule is CCNC(C)CC(=O)Nc1ccc(Br)c(Cl)c1Cl. The number of rotatable bonds is 5. The lowest BCUT2D eigenvalue weighted by atomic mass is 10.2. The lowest BCUT2D eigenvalue weighted by Gasteiger charge is -2.13. The van der Waals surface area contributed by atoms with E-state index in [2.05, 4.69) is 26.6 Å². The van der Waals surface area contributed by atoms with Gasteiger partial charge < -0.3 is 10.6 Å². The number of nitrogens with one attached hydrogen (secondary N) is 2. The standard InChI is InChI=1S/C12H15BrCl2N2O/c1-3-16-7(2)6-10(18)17-9-5-4-8(13)11(14)12(9)15/h4-5,7,16H,3,6H2,1-2H3,(H,17,18). The molecule has 0 saturated heterocycles. The number of halogens is 3. The fraction of sp³-hybridized carbons (Fsp3) is 0.417. The van der Waals surface area contributed by atoms with E-state index in [-0.39, 0.29) is 11.9 Å². The number of carbonyl (C=O) groups is 1. The quantitative estimate of drug-likeness (QED) is 0.783. The second-order valence-electron chi connectivity index (χ2n) is 3.93. The van der Waals surface area contributed by atoms with Crippen molar-refractivity contribution in [3.63, 3.8) is 0 Å². The topological polar surface area (TPSA) is 41.1 Å². The summed E-state index contributed by atoms with van der Waals surface area (Å²) in [7, 11) is 0. The molecule has 0 heterocycles. The molecule has 0 aliphatic carbocycles. The highest BCUT2D eigenvalue weighted by Gasteiger charge is 2.12. The van der Waals surface area contributed by atoms with Gasteiger partial charge in [-0.15, -0.1) is 0 Å². The summed E-state index contributed by atoms with van der Waals surface area (Å²) in [5, 5.41) is 6.66. The van der Waals surface area contributed by atoms with Gasteiger partial charge in [-0.1, -0.05) is 30.1 Å². The maximum atomic E-state index is 11.8. The van der Waals surface area contributed by atoms with Crippen molar-refractivity contribution >= 4 is 50.7 Å². The summed E-state index contributed by atoms with van der Waals surface area (Å²) in [6, 6.07) is 3.59. The zero-order valence-electron chi connectivity index (χ0n) is 10.2. The van der Waals surface area contributed by atoms with Gasteiger partial charge in [0.2, 0.25) is 5.91 Å². The maximum Gasteiger partial charge on any atom is 0.225 e. The highest BCUT2D eigenvalue weighted by Crippen LogP contribution is 2.35. The average molecular weight is 354 g/mol. The van der Waals surface area contributed by atoms with Gasteiger partial charge in [-0.05, 0) is 41.5 Å². The molecule has 100 valence electrons. The van der Waals surface area contributed by atoms with Crippen molar-refractivity contribution in [3.05, 3.63) is 26.7 Å². The summed E-state index contributed by atoms with van der Waals surface area (Å²) in [6.45, 7) is 4.79. The summed E-state index contributed by atoms with van der Waals surface area (Å²) in [5.41, 5.74) is 0.526. The molecule has 1 rings (SSSR count). The van der Waals surface area contributed by atoms with Gasteiger partial charge in [0.15, 0.2) is 0 Å². The molecule has 1 atom stereocenters. The lowest BCUT2D eigenvalue weighted by Crippen LogP contribution is -2.30. The van der Waals surface area contributed by atoms with Crippen LogP contribution in [0, 0.1) is 0 Å². The Bertz CT molecular complexity index is 440. The molecule has 0 spiro atoms. The monoisotopic (exact) mass is 352 g/mol. The van der Waals surface area contributed by atoms with Crippen LogP contribution in [0.1, 0.15) is 20.3 Å². The van der Waals surface area contributed by atoms with Crippen LogP contribution in [-0.4, -0.2) is 18.5 Å². The molecule has 6 heteroatoms. The van der Waals surface area contributed by atoms with Crippen molar-refractivity contribution in [2.75, 3.05) is 11.9 Å². The van der Waals surface area contributed by atoms with Crippen LogP contribution in [0.5, 0.6) is 0 Å². The van der Waals surface area contributed by atoms with Gasteiger partial charge >= 0.3 is 0 Å². The van der Waals surface area contributed by atoms with Crippen LogP contribution in [0.2, 0.25) is 10.0 Å². The Labute approximate surface area is 125 Å². The van der Waals surface area contributed by atoms with Crippen LogP contribution in [0.25, 0.3) is 0 Å². The molecule has 0 aromatic heterocycles. The molecule has 0 aliphatic rings. The van der Waals surface area contributed by atoms with Crippen LogP contribution in [-0.2, 0) is 4.79 Å². The molecule has 0 radical (unpaired) electrons. The average Bonchev–Trinajstić information content (AvgIpc) is 2.30. The number of hydrogen-bond donors (Lipinski definition) is 2. The van der Waals surface area contributed by atoms with Gasteiger partial charge in [0, 0.05) is 16.9 Å². The zero-order valence-corrected chi connectivity index (χ0v) is 13.3. The van der Waals surface area contributed by atoms with Gasteiger partial charge in [0.05, 0.1) is 15.7 Å². The van der Waals surface area contributed by atoms with Gasteiger partial charge in [-0.25, -0.2) is 0 Å². The Morgan fingerprint density at radius 3 is 2.67 bits per heavy atom. The van der Waals surface area contributed by atoms with Crippen molar-refractivity contribution in [3.8, 4) is 0 Å². The van der Waals surface area contributed by atoms with Crippen LogP contribution in [0.3, 0.4) is 0 Å². The van der Waals surface area contributed by atoms with Gasteiger partial charge in [-0.2, -0.15) is 0 Å². The Balaban J connectivity index is 2.68. The number of carbonyl (C=O) groups excluding carboxylic acids is 1. The van der Waals surface area contributed by atoms with E-state index in [0.29, 0.717) is 26.6 Å². The van der Waals surface area contributed by atoms with Crippen LogP contribution in [0.15, 0.2) is 16.6 Å². The normalized spacial score (nSPS) is 12.3. The van der Waals surface area contributed by atoms with E-state index in [1.165, 1.54) is 0 Å². The molecule has 18 heavy (non-hydrogen) atoms. The first-order valence-electron chi connectivity index (χ1n) is 5.62. The minimum absolute atomic E-state index is 0.0938. The molecule has 0 bridgehead atoms.